The standard InChI is InChI=1S/C33H36F3N5O4/c1-21-7-8-24(39-29(42)22-10-12-37-27(18-22)33(34,35)36)20-26(21)23-17-25(38-28(19-23)41-13-15-44-16-14-41)9-11-32(5,6)40-30(43)45-31(2,3)4/h7-8,10,12,17-20H,13-16H2,1-6H3,(H,39,42)(H,40,43). The molecule has 1 saturated heterocycles. The Morgan fingerprint density at radius 3 is 2.38 bits per heavy atom. The third kappa shape index (κ3) is 9.43. The molecular formula is C33H36F3N5O4. The molecule has 0 aliphatic carbocycles. The van der Waals surface area contributed by atoms with Gasteiger partial charge in [0.15, 0.2) is 0 Å². The molecule has 0 saturated carbocycles. The number of hydrogen-bond acceptors (Lipinski definition) is 7. The molecule has 0 spiro atoms. The number of anilines is 2. The summed E-state index contributed by atoms with van der Waals surface area (Å²) in [6, 6.07) is 10.9. The van der Waals surface area contributed by atoms with Crippen LogP contribution in [0.25, 0.3) is 11.1 Å². The number of nitrogens with zero attached hydrogens (tertiary/aromatic N) is 3. The van der Waals surface area contributed by atoms with Gasteiger partial charge in [0, 0.05) is 30.5 Å². The Bertz CT molecular complexity index is 1630. The Hall–Kier alpha value is -4.63. The lowest BCUT2D eigenvalue weighted by molar-refractivity contribution is -0.141. The second kappa shape index (κ2) is 13.2. The van der Waals surface area contributed by atoms with Gasteiger partial charge in [-0.2, -0.15) is 13.2 Å². The quantitative estimate of drug-likeness (QED) is 0.326. The zero-order valence-corrected chi connectivity index (χ0v) is 26.1. The van der Waals surface area contributed by atoms with E-state index in [0.29, 0.717) is 49.6 Å². The zero-order valence-electron chi connectivity index (χ0n) is 26.1. The van der Waals surface area contributed by atoms with Crippen LogP contribution in [0.2, 0.25) is 0 Å². The molecule has 0 atom stereocenters. The maximum Gasteiger partial charge on any atom is 0.433 e. The molecule has 1 aliphatic rings. The van der Waals surface area contributed by atoms with Crippen molar-refractivity contribution in [2.75, 3.05) is 36.5 Å². The predicted molar refractivity (Wildman–Crippen MR) is 165 cm³/mol. The van der Waals surface area contributed by atoms with Crippen molar-refractivity contribution in [2.24, 2.45) is 0 Å². The van der Waals surface area contributed by atoms with Crippen molar-refractivity contribution < 1.29 is 32.2 Å². The van der Waals surface area contributed by atoms with Crippen LogP contribution in [-0.4, -0.2) is 59.4 Å². The fraction of sp³-hybridized carbons (Fsp3) is 0.394. The van der Waals surface area contributed by atoms with Crippen molar-refractivity contribution in [2.45, 2.75) is 58.9 Å². The highest BCUT2D eigenvalue weighted by atomic mass is 19.4. The number of halogens is 3. The summed E-state index contributed by atoms with van der Waals surface area (Å²) in [6.45, 7) is 13.1. The Kier molecular flexibility index (Phi) is 9.73. The fourth-order valence-corrected chi connectivity index (χ4v) is 4.44. The zero-order chi connectivity index (χ0) is 33.0. The number of amides is 2. The molecule has 2 amide bonds. The van der Waals surface area contributed by atoms with Crippen LogP contribution in [0.1, 0.15) is 61.9 Å². The molecular weight excluding hydrogens is 587 g/mol. The second-order valence-corrected chi connectivity index (χ2v) is 12.1. The average molecular weight is 624 g/mol. The molecule has 0 radical (unpaired) electrons. The van der Waals surface area contributed by atoms with Gasteiger partial charge in [-0.25, -0.2) is 9.78 Å². The van der Waals surface area contributed by atoms with E-state index in [1.165, 1.54) is 6.07 Å². The molecule has 12 heteroatoms. The number of carbonyl (C=O) groups excluding carboxylic acids is 2. The van der Waals surface area contributed by atoms with Crippen LogP contribution >= 0.6 is 0 Å². The lowest BCUT2D eigenvalue weighted by Crippen LogP contribution is -2.44. The normalized spacial score (nSPS) is 13.8. The van der Waals surface area contributed by atoms with E-state index in [4.69, 9.17) is 14.5 Å². The molecule has 238 valence electrons. The summed E-state index contributed by atoms with van der Waals surface area (Å²) in [7, 11) is 0. The highest BCUT2D eigenvalue weighted by Crippen LogP contribution is 2.31. The summed E-state index contributed by atoms with van der Waals surface area (Å²) in [5, 5.41) is 5.46. The number of nitrogens with one attached hydrogen (secondary N) is 2. The van der Waals surface area contributed by atoms with E-state index in [-0.39, 0.29) is 5.56 Å². The van der Waals surface area contributed by atoms with Gasteiger partial charge in [-0.3, -0.25) is 9.78 Å². The number of aryl methyl sites for hydroxylation is 1. The van der Waals surface area contributed by atoms with Gasteiger partial charge in [-0.05, 0) is 101 Å². The van der Waals surface area contributed by atoms with E-state index in [9.17, 15) is 22.8 Å². The third-order valence-electron chi connectivity index (χ3n) is 6.58. The Balaban J connectivity index is 1.67. The largest absolute Gasteiger partial charge is 0.444 e. The average Bonchev–Trinajstić information content (AvgIpc) is 2.96. The lowest BCUT2D eigenvalue weighted by Gasteiger charge is -2.28. The van der Waals surface area contributed by atoms with Gasteiger partial charge in [-0.1, -0.05) is 12.0 Å². The van der Waals surface area contributed by atoms with E-state index in [1.807, 2.05) is 25.1 Å². The molecule has 3 heterocycles. The predicted octanol–water partition coefficient (Wildman–Crippen LogP) is 6.21. The van der Waals surface area contributed by atoms with E-state index in [2.05, 4.69) is 32.4 Å². The minimum absolute atomic E-state index is 0.168. The first kappa shape index (κ1) is 33.3. The van der Waals surface area contributed by atoms with Crippen molar-refractivity contribution in [3.63, 3.8) is 0 Å². The Morgan fingerprint density at radius 1 is 1.00 bits per heavy atom. The summed E-state index contributed by atoms with van der Waals surface area (Å²) in [4.78, 5) is 35.4. The van der Waals surface area contributed by atoms with Crippen LogP contribution in [0.3, 0.4) is 0 Å². The summed E-state index contributed by atoms with van der Waals surface area (Å²) >= 11 is 0. The number of alkyl carbamates (subject to hydrolysis) is 1. The number of morpholine rings is 1. The van der Waals surface area contributed by atoms with Crippen LogP contribution in [0, 0.1) is 18.8 Å². The number of carbonyl (C=O) groups is 2. The molecule has 4 rings (SSSR count). The van der Waals surface area contributed by atoms with Gasteiger partial charge in [0.25, 0.3) is 5.91 Å². The van der Waals surface area contributed by atoms with Crippen molar-refractivity contribution in [1.29, 1.82) is 0 Å². The number of pyridine rings is 2. The highest BCUT2D eigenvalue weighted by molar-refractivity contribution is 6.04. The number of alkyl halides is 3. The summed E-state index contributed by atoms with van der Waals surface area (Å²) < 4.78 is 50.3. The minimum Gasteiger partial charge on any atom is -0.444 e. The number of aromatic nitrogens is 2. The second-order valence-electron chi connectivity index (χ2n) is 12.1. The van der Waals surface area contributed by atoms with Crippen molar-refractivity contribution in [1.82, 2.24) is 15.3 Å². The molecule has 3 aromatic rings. The van der Waals surface area contributed by atoms with Gasteiger partial charge < -0.3 is 25.0 Å². The summed E-state index contributed by atoms with van der Waals surface area (Å²) in [5.74, 6) is 6.15. The lowest BCUT2D eigenvalue weighted by atomic mass is 9.99. The molecule has 1 aromatic carbocycles. The number of rotatable bonds is 5. The fourth-order valence-electron chi connectivity index (χ4n) is 4.44. The number of hydrogen-bond donors (Lipinski definition) is 2. The third-order valence-corrected chi connectivity index (χ3v) is 6.58. The highest BCUT2D eigenvalue weighted by Gasteiger charge is 2.33. The first-order valence-electron chi connectivity index (χ1n) is 14.3. The molecule has 1 aliphatic heterocycles. The Morgan fingerprint density at radius 2 is 1.71 bits per heavy atom. The minimum atomic E-state index is -4.67. The topological polar surface area (TPSA) is 106 Å². The van der Waals surface area contributed by atoms with Gasteiger partial charge in [-0.15, -0.1) is 0 Å². The molecule has 2 N–H and O–H groups in total. The molecule has 9 nitrogen and oxygen atoms in total. The van der Waals surface area contributed by atoms with Crippen LogP contribution < -0.4 is 15.5 Å². The SMILES string of the molecule is Cc1ccc(NC(=O)c2ccnc(C(F)(F)F)c2)cc1-c1cc(C#CC(C)(C)NC(=O)OC(C)(C)C)nc(N2CCOCC2)c1. The molecule has 0 unspecified atom stereocenters. The Labute approximate surface area is 260 Å². The van der Waals surface area contributed by atoms with Crippen molar-refractivity contribution in [3.8, 4) is 23.0 Å². The smallest absolute Gasteiger partial charge is 0.433 e. The monoisotopic (exact) mass is 623 g/mol. The van der Waals surface area contributed by atoms with Gasteiger partial charge in [0.05, 0.1) is 18.8 Å². The summed E-state index contributed by atoms with van der Waals surface area (Å²) in [6.07, 6.45) is -4.31. The van der Waals surface area contributed by atoms with E-state index in [1.54, 1.807) is 46.8 Å². The first-order valence-corrected chi connectivity index (χ1v) is 14.3. The van der Waals surface area contributed by atoms with Gasteiger partial charge >= 0.3 is 12.3 Å². The molecule has 0 bridgehead atoms. The van der Waals surface area contributed by atoms with Crippen LogP contribution in [0.4, 0.5) is 29.5 Å². The van der Waals surface area contributed by atoms with Gasteiger partial charge in [0.1, 0.15) is 22.8 Å². The van der Waals surface area contributed by atoms with E-state index >= 15 is 0 Å². The van der Waals surface area contributed by atoms with Crippen molar-refractivity contribution >= 4 is 23.5 Å². The number of ether oxygens (including phenoxy) is 2. The maximum absolute atomic E-state index is 13.1. The first-order chi connectivity index (χ1) is 21.0. The molecule has 2 aromatic heterocycles. The molecule has 45 heavy (non-hydrogen) atoms. The van der Waals surface area contributed by atoms with Gasteiger partial charge in [0.2, 0.25) is 0 Å². The van der Waals surface area contributed by atoms with Crippen LogP contribution in [0.15, 0.2) is 48.7 Å². The maximum atomic E-state index is 13.1. The van der Waals surface area contributed by atoms with E-state index < -0.39 is 35.0 Å². The summed E-state index contributed by atoms with van der Waals surface area (Å²) in [5.41, 5.74) is 0.370. The van der Waals surface area contributed by atoms with E-state index in [0.717, 1.165) is 22.9 Å². The number of benzene rings is 1. The van der Waals surface area contributed by atoms with Crippen LogP contribution in [0.5, 0.6) is 0 Å². The van der Waals surface area contributed by atoms with Crippen molar-refractivity contribution in [3.05, 3.63) is 71.2 Å². The van der Waals surface area contributed by atoms with Crippen LogP contribution in [-0.2, 0) is 15.7 Å². The molecule has 1 fully saturated rings.